The molecule has 1 atom stereocenters. The van der Waals surface area contributed by atoms with Gasteiger partial charge in [-0.25, -0.2) is 0 Å². The highest BCUT2D eigenvalue weighted by Crippen LogP contribution is 2.15. The number of nitrogens with two attached hydrogens (primary N) is 1. The lowest BCUT2D eigenvalue weighted by molar-refractivity contribution is -0.121. The van der Waals surface area contributed by atoms with Gasteiger partial charge >= 0.3 is 6.18 Å². The van der Waals surface area contributed by atoms with Crippen LogP contribution in [0.1, 0.15) is 11.6 Å². The Hall–Kier alpha value is -1.65. The van der Waals surface area contributed by atoms with E-state index in [-0.39, 0.29) is 0 Å². The first-order valence-corrected chi connectivity index (χ1v) is 6.81. The van der Waals surface area contributed by atoms with E-state index in [2.05, 4.69) is 0 Å². The van der Waals surface area contributed by atoms with Crippen molar-refractivity contribution in [3.8, 4) is 0 Å². The van der Waals surface area contributed by atoms with E-state index in [0.29, 0.717) is 5.56 Å². The Labute approximate surface area is 113 Å². The topological polar surface area (TPSA) is 108 Å². The highest BCUT2D eigenvalue weighted by atomic mass is 32.2. The van der Waals surface area contributed by atoms with Crippen LogP contribution in [-0.4, -0.2) is 27.0 Å². The van der Waals surface area contributed by atoms with Crippen molar-refractivity contribution in [2.24, 2.45) is 5.73 Å². The van der Waals surface area contributed by atoms with Gasteiger partial charge in [-0.2, -0.15) is 31.0 Å². The highest BCUT2D eigenvalue weighted by molar-refractivity contribution is 7.87. The molecule has 0 aromatic heterocycles. The van der Waals surface area contributed by atoms with Gasteiger partial charge in [-0.05, 0) is 5.56 Å². The molecule has 20 heavy (non-hydrogen) atoms. The predicted molar refractivity (Wildman–Crippen MR) is 67.2 cm³/mol. The number of alkyl halides is 3. The second-order valence-corrected chi connectivity index (χ2v) is 5.39. The van der Waals surface area contributed by atoms with E-state index in [1.165, 1.54) is 16.9 Å². The fraction of sp³-hybridized carbons (Fsp3) is 0.300. The van der Waals surface area contributed by atoms with Crippen molar-refractivity contribution in [1.82, 2.24) is 9.44 Å². The summed E-state index contributed by atoms with van der Waals surface area (Å²) >= 11 is 0. The summed E-state index contributed by atoms with van der Waals surface area (Å²) in [6, 6.07) is 6.60. The summed E-state index contributed by atoms with van der Waals surface area (Å²) in [5.74, 6) is -0.534. The lowest BCUT2D eigenvalue weighted by Gasteiger charge is -2.18. The summed E-state index contributed by atoms with van der Waals surface area (Å²) in [5, 5.41) is 7.32. The van der Waals surface area contributed by atoms with Crippen LogP contribution >= 0.6 is 0 Å². The Bertz CT molecular complexity index is 560. The molecule has 112 valence electrons. The number of amidine groups is 1. The second kappa shape index (κ2) is 6.20. The van der Waals surface area contributed by atoms with Crippen LogP contribution in [0.15, 0.2) is 30.3 Å². The maximum absolute atomic E-state index is 12.0. The molecule has 0 heterocycles. The molecule has 1 rings (SSSR count). The van der Waals surface area contributed by atoms with Crippen molar-refractivity contribution in [1.29, 1.82) is 5.41 Å². The molecule has 10 heteroatoms. The van der Waals surface area contributed by atoms with E-state index in [9.17, 15) is 21.6 Å². The zero-order valence-electron chi connectivity index (χ0n) is 10.1. The largest absolute Gasteiger partial charge is 0.402 e. The Balaban J connectivity index is 2.84. The molecule has 0 radical (unpaired) electrons. The molecule has 1 aromatic rings. The zero-order valence-corrected chi connectivity index (χ0v) is 10.9. The van der Waals surface area contributed by atoms with Crippen molar-refractivity contribution in [3.05, 3.63) is 35.9 Å². The minimum atomic E-state index is -4.67. The Morgan fingerprint density at radius 3 is 2.30 bits per heavy atom. The molecule has 0 saturated heterocycles. The number of halogens is 3. The second-order valence-electron chi connectivity index (χ2n) is 3.86. The first-order valence-electron chi connectivity index (χ1n) is 5.33. The molecule has 0 fully saturated rings. The smallest absolute Gasteiger partial charge is 0.386 e. The number of benzene rings is 1. The summed E-state index contributed by atoms with van der Waals surface area (Å²) in [5.41, 5.74) is 5.61. The van der Waals surface area contributed by atoms with Gasteiger partial charge in [0.05, 0.1) is 0 Å². The average Bonchev–Trinajstić information content (AvgIpc) is 2.34. The number of nitrogens with one attached hydrogen (secondary N) is 3. The first-order chi connectivity index (χ1) is 9.11. The molecule has 0 saturated carbocycles. The Kier molecular flexibility index (Phi) is 5.09. The third kappa shape index (κ3) is 5.55. The summed E-state index contributed by atoms with van der Waals surface area (Å²) < 4.78 is 62.2. The average molecular weight is 310 g/mol. The summed E-state index contributed by atoms with van der Waals surface area (Å²) in [4.78, 5) is 0. The van der Waals surface area contributed by atoms with E-state index >= 15 is 0 Å². The summed E-state index contributed by atoms with van der Waals surface area (Å²) in [6.07, 6.45) is -4.67. The van der Waals surface area contributed by atoms with Gasteiger partial charge in [0.25, 0.3) is 10.2 Å². The van der Waals surface area contributed by atoms with Gasteiger partial charge in [0.15, 0.2) is 0 Å². The molecule has 1 unspecified atom stereocenters. The molecule has 1 aromatic carbocycles. The van der Waals surface area contributed by atoms with Crippen LogP contribution < -0.4 is 15.2 Å². The molecular formula is C10H13F3N4O2S. The minimum Gasteiger partial charge on any atom is -0.386 e. The lowest BCUT2D eigenvalue weighted by Crippen LogP contribution is -2.45. The van der Waals surface area contributed by atoms with Crippen LogP contribution in [0.4, 0.5) is 13.2 Å². The fourth-order valence-corrected chi connectivity index (χ4v) is 2.34. The van der Waals surface area contributed by atoms with E-state index in [4.69, 9.17) is 11.1 Å². The minimum absolute atomic E-state index is 0.345. The first kappa shape index (κ1) is 16.4. The van der Waals surface area contributed by atoms with E-state index in [0.717, 1.165) is 0 Å². The van der Waals surface area contributed by atoms with Crippen LogP contribution in [0.25, 0.3) is 0 Å². The maximum Gasteiger partial charge on any atom is 0.402 e. The molecule has 5 N–H and O–H groups in total. The van der Waals surface area contributed by atoms with Gasteiger partial charge in [-0.15, -0.1) is 0 Å². The Morgan fingerprint density at radius 1 is 1.30 bits per heavy atom. The highest BCUT2D eigenvalue weighted by Gasteiger charge is 2.30. The quantitative estimate of drug-likeness (QED) is 0.457. The molecule has 0 spiro atoms. The van der Waals surface area contributed by atoms with E-state index in [1.54, 1.807) is 18.2 Å². The van der Waals surface area contributed by atoms with Crippen LogP contribution in [0, 0.1) is 5.41 Å². The van der Waals surface area contributed by atoms with Gasteiger partial charge in [0, 0.05) is 0 Å². The number of hydrogen-bond acceptors (Lipinski definition) is 3. The van der Waals surface area contributed by atoms with Crippen molar-refractivity contribution < 1.29 is 21.6 Å². The summed E-state index contributed by atoms with van der Waals surface area (Å²) in [6.45, 7) is -1.71. The number of rotatable bonds is 6. The van der Waals surface area contributed by atoms with Crippen molar-refractivity contribution in [2.45, 2.75) is 12.2 Å². The third-order valence-corrected chi connectivity index (χ3v) is 3.25. The zero-order chi connectivity index (χ0) is 15.4. The van der Waals surface area contributed by atoms with Crippen LogP contribution in [0.2, 0.25) is 0 Å². The van der Waals surface area contributed by atoms with Gasteiger partial charge in [-0.1, -0.05) is 30.3 Å². The standard InChI is InChI=1S/C10H13F3N4O2S/c11-10(12,13)6-16-20(18,19)17-8(9(14)15)7-4-2-1-3-5-7/h1-5,8,16-17H,6H2,(H3,14,15). The van der Waals surface area contributed by atoms with Crippen LogP contribution in [-0.2, 0) is 10.2 Å². The lowest BCUT2D eigenvalue weighted by atomic mass is 10.1. The maximum atomic E-state index is 12.0. The fourth-order valence-electron chi connectivity index (χ4n) is 1.33. The summed E-state index contributed by atoms with van der Waals surface area (Å²) in [7, 11) is -4.45. The molecular weight excluding hydrogens is 297 g/mol. The normalized spacial score (nSPS) is 13.9. The monoisotopic (exact) mass is 310 g/mol. The third-order valence-electron chi connectivity index (χ3n) is 2.18. The van der Waals surface area contributed by atoms with Crippen LogP contribution in [0.3, 0.4) is 0 Å². The van der Waals surface area contributed by atoms with Gasteiger partial charge in [0.2, 0.25) is 0 Å². The van der Waals surface area contributed by atoms with Crippen LogP contribution in [0.5, 0.6) is 0 Å². The molecule has 0 aliphatic rings. The Morgan fingerprint density at radius 2 is 1.85 bits per heavy atom. The molecule has 6 nitrogen and oxygen atoms in total. The van der Waals surface area contributed by atoms with Crippen molar-refractivity contribution in [2.75, 3.05) is 6.54 Å². The van der Waals surface area contributed by atoms with E-state index < -0.39 is 34.8 Å². The van der Waals surface area contributed by atoms with Gasteiger partial charge < -0.3 is 5.73 Å². The van der Waals surface area contributed by atoms with Crippen molar-refractivity contribution in [3.63, 3.8) is 0 Å². The van der Waals surface area contributed by atoms with Crippen molar-refractivity contribution >= 4 is 16.0 Å². The predicted octanol–water partition coefficient (Wildman–Crippen LogP) is 0.650. The molecule has 0 aliphatic heterocycles. The van der Waals surface area contributed by atoms with E-state index in [1.807, 2.05) is 4.72 Å². The molecule has 0 aliphatic carbocycles. The molecule has 0 amide bonds. The number of hydrogen-bond donors (Lipinski definition) is 4. The SMILES string of the molecule is N=C(N)C(NS(=O)(=O)NCC(F)(F)F)c1ccccc1. The van der Waals surface area contributed by atoms with Gasteiger partial charge in [0.1, 0.15) is 18.4 Å². The molecule has 0 bridgehead atoms. The van der Waals surface area contributed by atoms with Gasteiger partial charge in [-0.3, -0.25) is 5.41 Å².